The molecule has 0 saturated heterocycles. The number of anilines is 1. The molecule has 3 nitrogen and oxygen atoms in total. The van der Waals surface area contributed by atoms with Crippen LogP contribution in [0.15, 0.2) is 108 Å². The Bertz CT molecular complexity index is 1290. The summed E-state index contributed by atoms with van der Waals surface area (Å²) in [6, 6.07) is 36.2. The number of aliphatic imine (C=N–C) groups is 1. The molecule has 0 saturated carbocycles. The molecule has 0 radical (unpaired) electrons. The van der Waals surface area contributed by atoms with Crippen LogP contribution in [0.3, 0.4) is 0 Å². The molecular formula is C30H28N3+. The SMILES string of the molecule is Cc1ccc(N=Cc2ccc(N3CC(c4ccccc4)C=[N+]3c3ccccc3)cc2)cc1C. The van der Waals surface area contributed by atoms with E-state index in [1.165, 1.54) is 16.7 Å². The van der Waals surface area contributed by atoms with Crippen LogP contribution in [0.2, 0.25) is 0 Å². The number of aryl methyl sites for hydroxylation is 2. The monoisotopic (exact) mass is 430 g/mol. The maximum absolute atomic E-state index is 4.66. The van der Waals surface area contributed by atoms with Crippen molar-refractivity contribution in [2.75, 3.05) is 11.6 Å². The van der Waals surface area contributed by atoms with Crippen LogP contribution in [-0.4, -0.2) is 23.7 Å². The van der Waals surface area contributed by atoms with Crippen molar-refractivity contribution < 1.29 is 4.68 Å². The first-order valence-corrected chi connectivity index (χ1v) is 11.4. The Kier molecular flexibility index (Phi) is 5.86. The van der Waals surface area contributed by atoms with Crippen LogP contribution in [-0.2, 0) is 0 Å². The van der Waals surface area contributed by atoms with Gasteiger partial charge in [0, 0.05) is 18.3 Å². The molecule has 5 rings (SSSR count). The second kappa shape index (κ2) is 9.25. The van der Waals surface area contributed by atoms with E-state index in [1.807, 2.05) is 6.21 Å². The molecule has 1 atom stereocenters. The topological polar surface area (TPSA) is 18.6 Å². The van der Waals surface area contributed by atoms with Gasteiger partial charge in [0.1, 0.15) is 0 Å². The Labute approximate surface area is 196 Å². The lowest BCUT2D eigenvalue weighted by atomic mass is 10.0. The van der Waals surface area contributed by atoms with Crippen LogP contribution >= 0.6 is 0 Å². The van der Waals surface area contributed by atoms with Gasteiger partial charge in [0.15, 0.2) is 6.21 Å². The predicted octanol–water partition coefficient (Wildman–Crippen LogP) is 6.99. The minimum Gasteiger partial charge on any atom is -0.256 e. The summed E-state index contributed by atoms with van der Waals surface area (Å²) >= 11 is 0. The lowest BCUT2D eigenvalue weighted by molar-refractivity contribution is -0.442. The molecule has 1 heterocycles. The molecule has 1 aliphatic heterocycles. The number of rotatable bonds is 5. The molecule has 0 bridgehead atoms. The number of hydrogen-bond acceptors (Lipinski definition) is 2. The molecular weight excluding hydrogens is 402 g/mol. The Morgan fingerprint density at radius 1 is 0.788 bits per heavy atom. The van der Waals surface area contributed by atoms with Gasteiger partial charge in [-0.1, -0.05) is 71.4 Å². The number of hydrazone groups is 1. The second-order valence-electron chi connectivity index (χ2n) is 8.55. The van der Waals surface area contributed by atoms with Gasteiger partial charge in [-0.15, -0.1) is 5.01 Å². The predicted molar refractivity (Wildman–Crippen MR) is 139 cm³/mol. The second-order valence-corrected chi connectivity index (χ2v) is 8.55. The molecule has 0 fully saturated rings. The van der Waals surface area contributed by atoms with Crippen molar-refractivity contribution in [3.63, 3.8) is 0 Å². The molecule has 0 N–H and O–H groups in total. The summed E-state index contributed by atoms with van der Waals surface area (Å²) in [5.41, 5.74) is 8.28. The molecule has 0 aromatic heterocycles. The van der Waals surface area contributed by atoms with Gasteiger partial charge in [-0.2, -0.15) is 0 Å². The highest BCUT2D eigenvalue weighted by Crippen LogP contribution is 2.30. The summed E-state index contributed by atoms with van der Waals surface area (Å²) in [5.74, 6) is 0.331. The first-order chi connectivity index (χ1) is 16.2. The molecule has 4 aromatic carbocycles. The Morgan fingerprint density at radius 2 is 1.48 bits per heavy atom. The Morgan fingerprint density at radius 3 is 2.18 bits per heavy atom. The van der Waals surface area contributed by atoms with E-state index in [-0.39, 0.29) is 0 Å². The number of para-hydroxylation sites is 1. The van der Waals surface area contributed by atoms with E-state index < -0.39 is 0 Å². The van der Waals surface area contributed by atoms with Crippen molar-refractivity contribution in [3.8, 4) is 0 Å². The first-order valence-electron chi connectivity index (χ1n) is 11.4. The molecule has 3 heteroatoms. The van der Waals surface area contributed by atoms with Crippen molar-refractivity contribution in [1.82, 2.24) is 0 Å². The summed E-state index contributed by atoms with van der Waals surface area (Å²) in [6.45, 7) is 5.14. The minimum atomic E-state index is 0.331. The summed E-state index contributed by atoms with van der Waals surface area (Å²) in [7, 11) is 0. The van der Waals surface area contributed by atoms with Gasteiger partial charge in [0.2, 0.25) is 5.69 Å². The van der Waals surface area contributed by atoms with Crippen LogP contribution in [0, 0.1) is 13.8 Å². The third-order valence-corrected chi connectivity index (χ3v) is 6.24. The molecule has 1 aliphatic rings. The summed E-state index contributed by atoms with van der Waals surface area (Å²) in [6.07, 6.45) is 4.26. The van der Waals surface area contributed by atoms with E-state index in [0.29, 0.717) is 5.92 Å². The Balaban J connectivity index is 1.40. The average Bonchev–Trinajstić information content (AvgIpc) is 3.32. The summed E-state index contributed by atoms with van der Waals surface area (Å²) in [4.78, 5) is 4.66. The van der Waals surface area contributed by atoms with E-state index in [4.69, 9.17) is 0 Å². The van der Waals surface area contributed by atoms with Gasteiger partial charge >= 0.3 is 0 Å². The van der Waals surface area contributed by atoms with E-state index in [9.17, 15) is 0 Å². The van der Waals surface area contributed by atoms with Gasteiger partial charge in [-0.3, -0.25) is 4.99 Å². The van der Waals surface area contributed by atoms with Crippen molar-refractivity contribution in [1.29, 1.82) is 0 Å². The Hall–Kier alpha value is -3.98. The van der Waals surface area contributed by atoms with Crippen molar-refractivity contribution in [2.45, 2.75) is 19.8 Å². The van der Waals surface area contributed by atoms with Crippen LogP contribution in [0.4, 0.5) is 17.1 Å². The fourth-order valence-electron chi connectivity index (χ4n) is 4.19. The smallest absolute Gasteiger partial charge is 0.235 e. The van der Waals surface area contributed by atoms with E-state index in [0.717, 1.165) is 29.2 Å². The zero-order chi connectivity index (χ0) is 22.6. The number of nitrogens with zero attached hydrogens (tertiary/aromatic N) is 3. The van der Waals surface area contributed by atoms with Crippen LogP contribution in [0.1, 0.15) is 28.2 Å². The van der Waals surface area contributed by atoms with Gasteiger partial charge in [-0.05, 0) is 60.4 Å². The zero-order valence-corrected chi connectivity index (χ0v) is 19.1. The summed E-state index contributed by atoms with van der Waals surface area (Å²) < 4.78 is 2.27. The zero-order valence-electron chi connectivity index (χ0n) is 19.1. The lowest BCUT2D eigenvalue weighted by Gasteiger charge is -2.16. The van der Waals surface area contributed by atoms with Crippen LogP contribution in [0.25, 0.3) is 0 Å². The molecule has 4 aromatic rings. The van der Waals surface area contributed by atoms with E-state index in [1.54, 1.807) is 0 Å². The third kappa shape index (κ3) is 4.63. The number of hydrazine groups is 1. The number of benzene rings is 4. The largest absolute Gasteiger partial charge is 0.256 e. The maximum atomic E-state index is 4.66. The fraction of sp³-hybridized carbons (Fsp3) is 0.133. The van der Waals surface area contributed by atoms with E-state index in [2.05, 4.69) is 138 Å². The molecule has 33 heavy (non-hydrogen) atoms. The van der Waals surface area contributed by atoms with Gasteiger partial charge in [0.05, 0.1) is 23.8 Å². The molecule has 1 unspecified atom stereocenters. The fourth-order valence-corrected chi connectivity index (χ4v) is 4.19. The normalized spacial score (nSPS) is 15.8. The maximum Gasteiger partial charge on any atom is 0.235 e. The molecule has 0 spiro atoms. The first kappa shape index (κ1) is 20.9. The molecule has 0 amide bonds. The highest BCUT2D eigenvalue weighted by molar-refractivity contribution is 5.82. The number of hydrogen-bond donors (Lipinski definition) is 0. The van der Waals surface area contributed by atoms with Crippen molar-refractivity contribution in [3.05, 3.63) is 125 Å². The van der Waals surface area contributed by atoms with Gasteiger partial charge < -0.3 is 0 Å². The highest BCUT2D eigenvalue weighted by atomic mass is 15.6. The van der Waals surface area contributed by atoms with Crippen LogP contribution in [0.5, 0.6) is 0 Å². The highest BCUT2D eigenvalue weighted by Gasteiger charge is 2.34. The van der Waals surface area contributed by atoms with E-state index >= 15 is 0 Å². The molecule has 0 aliphatic carbocycles. The van der Waals surface area contributed by atoms with Crippen molar-refractivity contribution in [2.24, 2.45) is 4.99 Å². The van der Waals surface area contributed by atoms with Gasteiger partial charge in [-0.25, -0.2) is 0 Å². The van der Waals surface area contributed by atoms with Crippen molar-refractivity contribution >= 4 is 29.5 Å². The van der Waals surface area contributed by atoms with Gasteiger partial charge in [0.25, 0.3) is 0 Å². The quantitative estimate of drug-likeness (QED) is 0.247. The average molecular weight is 431 g/mol. The third-order valence-electron chi connectivity index (χ3n) is 6.24. The standard InChI is InChI=1S/C30H28N3/c1-23-13-16-28(19-24(23)2)31-20-25-14-17-30(18-15-25)33-22-27(26-9-5-3-6-10-26)21-32(33)29-11-7-4-8-12-29/h3-21,27H,22H2,1-2H3/q+1. The molecule has 162 valence electrons. The van der Waals surface area contributed by atoms with Crippen LogP contribution < -0.4 is 5.01 Å². The summed E-state index contributed by atoms with van der Waals surface area (Å²) in [5, 5.41) is 2.34. The lowest BCUT2D eigenvalue weighted by Crippen LogP contribution is -2.28. The minimum absolute atomic E-state index is 0.331.